The van der Waals surface area contributed by atoms with Gasteiger partial charge >= 0.3 is 0 Å². The van der Waals surface area contributed by atoms with E-state index in [4.69, 9.17) is 23.7 Å². The van der Waals surface area contributed by atoms with Gasteiger partial charge in [-0.3, -0.25) is 0 Å². The Balaban J connectivity index is 1.72. The molecule has 0 aromatic heterocycles. The lowest BCUT2D eigenvalue weighted by atomic mass is 10.2. The smallest absolute Gasteiger partial charge is 0.0718 e. The summed E-state index contributed by atoms with van der Waals surface area (Å²) in [5, 5.41) is 0. The van der Waals surface area contributed by atoms with Crippen LogP contribution < -0.4 is 0 Å². The summed E-state index contributed by atoms with van der Waals surface area (Å²) in [6.07, 6.45) is 1.72. The van der Waals surface area contributed by atoms with Gasteiger partial charge in [-0.2, -0.15) is 0 Å². The van der Waals surface area contributed by atoms with E-state index in [9.17, 15) is 0 Å². The van der Waals surface area contributed by atoms with Crippen molar-refractivity contribution < 1.29 is 23.7 Å². The van der Waals surface area contributed by atoms with Gasteiger partial charge in [0.15, 0.2) is 0 Å². The second kappa shape index (κ2) is 15.6. The molecule has 0 saturated carbocycles. The summed E-state index contributed by atoms with van der Waals surface area (Å²) >= 11 is 0. The largest absolute Gasteiger partial charge is 0.377 e. The highest BCUT2D eigenvalue weighted by molar-refractivity contribution is 5.13. The Bertz CT molecular complexity index is 369. The Kier molecular flexibility index (Phi) is 13.5. The van der Waals surface area contributed by atoms with Crippen LogP contribution in [-0.2, 0) is 30.3 Å². The van der Waals surface area contributed by atoms with Crippen molar-refractivity contribution in [3.8, 4) is 0 Å². The molecule has 0 bridgehead atoms. The molecule has 23 heavy (non-hydrogen) atoms. The van der Waals surface area contributed by atoms with Gasteiger partial charge in [-0.25, -0.2) is 0 Å². The Labute approximate surface area is 139 Å². The van der Waals surface area contributed by atoms with E-state index in [1.165, 1.54) is 5.56 Å². The van der Waals surface area contributed by atoms with Gasteiger partial charge in [0.2, 0.25) is 0 Å². The van der Waals surface area contributed by atoms with Gasteiger partial charge in [-0.15, -0.1) is 6.58 Å². The van der Waals surface area contributed by atoms with Crippen LogP contribution in [0.4, 0.5) is 0 Å². The molecule has 5 nitrogen and oxygen atoms in total. The van der Waals surface area contributed by atoms with Gasteiger partial charge in [-0.05, 0) is 5.56 Å². The first kappa shape index (κ1) is 19.8. The summed E-state index contributed by atoms with van der Waals surface area (Å²) in [7, 11) is 0. The van der Waals surface area contributed by atoms with Crippen molar-refractivity contribution in [3.63, 3.8) is 0 Å². The third-order valence-electron chi connectivity index (χ3n) is 2.84. The predicted molar refractivity (Wildman–Crippen MR) is 89.6 cm³/mol. The fourth-order valence-electron chi connectivity index (χ4n) is 1.71. The van der Waals surface area contributed by atoms with Gasteiger partial charge in [0.25, 0.3) is 0 Å². The average Bonchev–Trinajstić information content (AvgIpc) is 2.59. The van der Waals surface area contributed by atoms with E-state index in [-0.39, 0.29) is 0 Å². The minimum absolute atomic E-state index is 0.562. The Morgan fingerprint density at radius 1 is 0.652 bits per heavy atom. The summed E-state index contributed by atoms with van der Waals surface area (Å²) in [6.45, 7) is 9.33. The van der Waals surface area contributed by atoms with Crippen LogP contribution in [0.5, 0.6) is 0 Å². The minimum atomic E-state index is 0.562. The second-order valence-corrected chi connectivity index (χ2v) is 4.74. The first-order chi connectivity index (χ1) is 11.4. The fourth-order valence-corrected chi connectivity index (χ4v) is 1.71. The van der Waals surface area contributed by atoms with Crippen LogP contribution >= 0.6 is 0 Å². The van der Waals surface area contributed by atoms with Crippen LogP contribution in [0.1, 0.15) is 5.56 Å². The zero-order valence-corrected chi connectivity index (χ0v) is 13.8. The van der Waals surface area contributed by atoms with E-state index in [0.29, 0.717) is 66.1 Å². The van der Waals surface area contributed by atoms with E-state index < -0.39 is 0 Å². The first-order valence-corrected chi connectivity index (χ1v) is 7.97. The van der Waals surface area contributed by atoms with Gasteiger partial charge < -0.3 is 23.7 Å². The van der Waals surface area contributed by atoms with Gasteiger partial charge in [0.05, 0.1) is 66.1 Å². The number of hydrogen-bond donors (Lipinski definition) is 0. The number of rotatable bonds is 16. The molecule has 1 aromatic carbocycles. The molecule has 0 aliphatic heterocycles. The average molecular weight is 324 g/mol. The molecule has 0 N–H and O–H groups in total. The van der Waals surface area contributed by atoms with Crippen LogP contribution in [0.15, 0.2) is 43.0 Å². The number of hydrogen-bond acceptors (Lipinski definition) is 5. The molecule has 0 unspecified atom stereocenters. The van der Waals surface area contributed by atoms with Gasteiger partial charge in [0, 0.05) is 0 Å². The molecular formula is C18H28O5. The quantitative estimate of drug-likeness (QED) is 0.345. The maximum Gasteiger partial charge on any atom is 0.0718 e. The van der Waals surface area contributed by atoms with Crippen molar-refractivity contribution in [1.82, 2.24) is 0 Å². The normalized spacial score (nSPS) is 10.8. The van der Waals surface area contributed by atoms with E-state index in [1.54, 1.807) is 6.08 Å². The summed E-state index contributed by atoms with van der Waals surface area (Å²) in [5.41, 5.74) is 1.17. The SMILES string of the molecule is C=CCOCCOCCOCCOCCOCc1ccccc1. The standard InChI is InChI=1S/C18H28O5/c1-2-8-19-9-10-20-11-12-21-13-14-22-15-16-23-17-18-6-4-3-5-7-18/h2-7H,1,8-17H2. The van der Waals surface area contributed by atoms with Crippen LogP contribution in [0, 0.1) is 0 Å². The van der Waals surface area contributed by atoms with E-state index in [2.05, 4.69) is 6.58 Å². The third-order valence-corrected chi connectivity index (χ3v) is 2.84. The monoisotopic (exact) mass is 324 g/mol. The number of ether oxygens (including phenoxy) is 5. The van der Waals surface area contributed by atoms with Crippen LogP contribution in [0.2, 0.25) is 0 Å². The first-order valence-electron chi connectivity index (χ1n) is 7.97. The molecule has 0 radical (unpaired) electrons. The van der Waals surface area contributed by atoms with E-state index in [1.807, 2.05) is 30.3 Å². The Morgan fingerprint density at radius 2 is 1.13 bits per heavy atom. The van der Waals surface area contributed by atoms with Gasteiger partial charge in [-0.1, -0.05) is 36.4 Å². The molecule has 130 valence electrons. The van der Waals surface area contributed by atoms with Crippen molar-refractivity contribution in [2.45, 2.75) is 6.61 Å². The highest BCUT2D eigenvalue weighted by atomic mass is 16.6. The molecule has 0 amide bonds. The summed E-state index contributed by atoms with van der Waals surface area (Å²) < 4.78 is 26.9. The highest BCUT2D eigenvalue weighted by Gasteiger charge is 1.94. The Morgan fingerprint density at radius 3 is 1.65 bits per heavy atom. The minimum Gasteiger partial charge on any atom is -0.377 e. The molecule has 0 fully saturated rings. The van der Waals surface area contributed by atoms with Crippen LogP contribution in [0.25, 0.3) is 0 Å². The summed E-state index contributed by atoms with van der Waals surface area (Å²) in [5.74, 6) is 0. The summed E-state index contributed by atoms with van der Waals surface area (Å²) in [4.78, 5) is 0. The molecular weight excluding hydrogens is 296 g/mol. The van der Waals surface area contributed by atoms with Gasteiger partial charge in [0.1, 0.15) is 0 Å². The molecule has 1 rings (SSSR count). The van der Waals surface area contributed by atoms with Crippen molar-refractivity contribution in [3.05, 3.63) is 48.6 Å². The summed E-state index contributed by atoms with van der Waals surface area (Å²) in [6, 6.07) is 10.1. The molecule has 0 heterocycles. The lowest BCUT2D eigenvalue weighted by molar-refractivity contribution is -0.0109. The third kappa shape index (κ3) is 12.9. The van der Waals surface area contributed by atoms with Crippen molar-refractivity contribution >= 4 is 0 Å². The zero-order chi connectivity index (χ0) is 16.4. The maximum atomic E-state index is 5.52. The molecule has 0 saturated heterocycles. The molecule has 0 spiro atoms. The lowest BCUT2D eigenvalue weighted by Gasteiger charge is -2.07. The topological polar surface area (TPSA) is 46.2 Å². The van der Waals surface area contributed by atoms with Crippen LogP contribution in [0.3, 0.4) is 0 Å². The molecule has 0 aliphatic rings. The van der Waals surface area contributed by atoms with Crippen LogP contribution in [-0.4, -0.2) is 59.5 Å². The predicted octanol–water partition coefficient (Wildman–Crippen LogP) is 2.46. The second-order valence-electron chi connectivity index (χ2n) is 4.74. The van der Waals surface area contributed by atoms with E-state index in [0.717, 1.165) is 0 Å². The van der Waals surface area contributed by atoms with Crippen molar-refractivity contribution in [1.29, 1.82) is 0 Å². The molecule has 0 atom stereocenters. The fraction of sp³-hybridized carbons (Fsp3) is 0.556. The lowest BCUT2D eigenvalue weighted by Crippen LogP contribution is -2.13. The van der Waals surface area contributed by atoms with Crippen molar-refractivity contribution in [2.24, 2.45) is 0 Å². The Hall–Kier alpha value is -1.24. The molecule has 5 heteroatoms. The molecule has 1 aromatic rings. The highest BCUT2D eigenvalue weighted by Crippen LogP contribution is 1.99. The van der Waals surface area contributed by atoms with E-state index >= 15 is 0 Å². The van der Waals surface area contributed by atoms with Crippen molar-refractivity contribution in [2.75, 3.05) is 59.5 Å². The maximum absolute atomic E-state index is 5.52. The zero-order valence-electron chi connectivity index (χ0n) is 13.8. The molecule has 0 aliphatic carbocycles. The number of benzene rings is 1.